The molecular formula is C13H24CoN2O3-4. The molecule has 5 nitrogen and oxygen atoms in total. The van der Waals surface area contributed by atoms with E-state index in [1.54, 1.807) is 0 Å². The smallest absolute Gasteiger partial charge is 0 e. The normalized spacial score (nSPS) is 9.95. The average molecular weight is 315 g/mol. The van der Waals surface area contributed by atoms with Gasteiger partial charge in [0.2, 0.25) is 0 Å². The van der Waals surface area contributed by atoms with Crippen LogP contribution in [-0.4, -0.2) is 37.3 Å². The van der Waals surface area contributed by atoms with Gasteiger partial charge in [0.1, 0.15) is 0 Å². The summed E-state index contributed by atoms with van der Waals surface area (Å²) in [7, 11) is 0. The molecule has 19 heavy (non-hydrogen) atoms. The van der Waals surface area contributed by atoms with Gasteiger partial charge in [0, 0.05) is 16.8 Å². The molecular weight excluding hydrogens is 291 g/mol. The molecule has 0 rings (SSSR count). The second-order valence-electron chi connectivity index (χ2n) is 5.11. The second-order valence-corrected chi connectivity index (χ2v) is 5.11. The van der Waals surface area contributed by atoms with E-state index in [-0.39, 0.29) is 27.9 Å². The molecule has 0 atom stereocenters. The van der Waals surface area contributed by atoms with Crippen LogP contribution in [-0.2, 0) is 31.2 Å². The summed E-state index contributed by atoms with van der Waals surface area (Å²) in [6.07, 6.45) is 0. The molecule has 6 heteroatoms. The van der Waals surface area contributed by atoms with Crippen LogP contribution in [0.25, 0.3) is 5.32 Å². The number of rotatable bonds is 0. The van der Waals surface area contributed by atoms with Crippen molar-refractivity contribution in [1.82, 2.24) is 0 Å². The summed E-state index contributed by atoms with van der Waals surface area (Å²) < 4.78 is 0. The molecule has 0 spiro atoms. The van der Waals surface area contributed by atoms with Gasteiger partial charge < -0.3 is 24.7 Å². The Bertz CT molecular complexity index is 216. The second kappa shape index (κ2) is 17.0. The number of aliphatic imine (C=N–C) groups is 1. The third-order valence-corrected chi connectivity index (χ3v) is 0.994. The Kier molecular flexibility index (Phi) is 27.5. The van der Waals surface area contributed by atoms with Crippen LogP contribution in [0.3, 0.4) is 0 Å². The summed E-state index contributed by atoms with van der Waals surface area (Å²) in [6, 6.07) is 0. The van der Waals surface area contributed by atoms with Gasteiger partial charge in [-0.25, -0.2) is 0 Å². The molecule has 117 valence electrons. The molecule has 0 aromatic carbocycles. The van der Waals surface area contributed by atoms with E-state index < -0.39 is 0 Å². The topological polar surface area (TPSA) is 77.7 Å². The summed E-state index contributed by atoms with van der Waals surface area (Å²) in [5, 5.41) is 4.44. The Labute approximate surface area is 127 Å². The van der Waals surface area contributed by atoms with Crippen molar-refractivity contribution < 1.29 is 31.2 Å². The van der Waals surface area contributed by atoms with Crippen LogP contribution in [0, 0.1) is 0 Å². The van der Waals surface area contributed by atoms with Crippen LogP contribution >= 0.6 is 0 Å². The van der Waals surface area contributed by atoms with Gasteiger partial charge >= 0.3 is 0 Å². The standard InChI is InChI=1S/C10H21N2.3CHO.Co/c1-8(11-9(2,3)4)12-10(5,6)7;3*1-2;/h1-7H3;3*1H;/q4*-1;. The Balaban J connectivity index is -0.0000000816. The fourth-order valence-corrected chi connectivity index (χ4v) is 0.996. The molecule has 0 aliphatic rings. The van der Waals surface area contributed by atoms with Gasteiger partial charge in [0.15, 0.2) is 0 Å². The molecule has 0 aromatic heterocycles. The Hall–Kier alpha value is -1.01. The fourth-order valence-electron chi connectivity index (χ4n) is 0.996. The van der Waals surface area contributed by atoms with Gasteiger partial charge in [-0.05, 0) is 18.0 Å². The first-order valence-electron chi connectivity index (χ1n) is 5.10. The van der Waals surface area contributed by atoms with Crippen LogP contribution in [0.15, 0.2) is 4.99 Å². The summed E-state index contributed by atoms with van der Waals surface area (Å²) in [6.45, 7) is 24.2. The first-order chi connectivity index (χ1) is 8.10. The summed E-state index contributed by atoms with van der Waals surface area (Å²) >= 11 is 0. The van der Waals surface area contributed by atoms with Gasteiger partial charge in [-0.15, -0.1) is 0 Å². The molecule has 0 aliphatic carbocycles. The molecule has 0 fully saturated rings. The number of hydrogen-bond donors (Lipinski definition) is 0. The van der Waals surface area contributed by atoms with Gasteiger partial charge in [-0.1, -0.05) is 47.4 Å². The third kappa shape index (κ3) is 47.2. The number of carbonyl (C=O) groups excluding carboxylic acids is 3. The minimum atomic E-state index is -0.0150. The maximum absolute atomic E-state index is 7.75. The largest absolute Gasteiger partial charge is 0.545 e. The molecule has 0 aromatic rings. The van der Waals surface area contributed by atoms with Crippen molar-refractivity contribution in [3.63, 3.8) is 0 Å². The molecule has 0 saturated carbocycles. The van der Waals surface area contributed by atoms with Crippen LogP contribution in [0.2, 0.25) is 0 Å². The Morgan fingerprint density at radius 1 is 0.842 bits per heavy atom. The number of hydrogen-bond acceptors (Lipinski definition) is 4. The average Bonchev–Trinajstić information content (AvgIpc) is 2.21. The van der Waals surface area contributed by atoms with Crippen molar-refractivity contribution in [2.24, 2.45) is 4.99 Å². The zero-order chi connectivity index (χ0) is 16.0. The minimum absolute atomic E-state index is 0. The molecule has 0 N–H and O–H groups in total. The van der Waals surface area contributed by atoms with Crippen LogP contribution in [0.4, 0.5) is 0 Å². The predicted octanol–water partition coefficient (Wildman–Crippen LogP) is 2.55. The van der Waals surface area contributed by atoms with Crippen molar-refractivity contribution in [3.05, 3.63) is 5.32 Å². The third-order valence-electron chi connectivity index (χ3n) is 0.994. The van der Waals surface area contributed by atoms with E-state index in [4.69, 9.17) is 14.4 Å². The van der Waals surface area contributed by atoms with E-state index in [1.165, 1.54) is 0 Å². The zero-order valence-corrected chi connectivity index (χ0v) is 13.7. The van der Waals surface area contributed by atoms with Gasteiger partial charge in [-0.3, -0.25) is 20.4 Å². The summed E-state index contributed by atoms with van der Waals surface area (Å²) in [5.74, 6) is 0.884. The van der Waals surface area contributed by atoms with Crippen molar-refractivity contribution in [3.8, 4) is 0 Å². The number of nitrogens with zero attached hydrogens (tertiary/aromatic N) is 2. The van der Waals surface area contributed by atoms with Crippen LogP contribution in [0.5, 0.6) is 0 Å². The van der Waals surface area contributed by atoms with Crippen LogP contribution < -0.4 is 0 Å². The number of amidine groups is 1. The van der Waals surface area contributed by atoms with Crippen LogP contribution in [0.1, 0.15) is 48.5 Å². The van der Waals surface area contributed by atoms with E-state index in [0.29, 0.717) is 0 Å². The van der Waals surface area contributed by atoms with E-state index in [2.05, 4.69) is 72.2 Å². The predicted molar refractivity (Wildman–Crippen MR) is 76.2 cm³/mol. The molecule has 0 saturated heterocycles. The first-order valence-corrected chi connectivity index (χ1v) is 5.10. The maximum Gasteiger partial charge on any atom is 0 e. The van der Waals surface area contributed by atoms with Gasteiger partial charge in [-0.2, -0.15) is 0 Å². The quantitative estimate of drug-likeness (QED) is 0.298. The summed E-state index contributed by atoms with van der Waals surface area (Å²) in [4.78, 5) is 27.7. The summed E-state index contributed by atoms with van der Waals surface area (Å²) in [5.41, 5.74) is -0.0301. The monoisotopic (exact) mass is 315 g/mol. The Morgan fingerprint density at radius 2 is 1.11 bits per heavy atom. The molecule has 0 bridgehead atoms. The minimum Gasteiger partial charge on any atom is -0.545 e. The molecule has 1 radical (unpaired) electrons. The molecule has 0 heterocycles. The molecule has 0 aliphatic heterocycles. The SMILES string of the molecule is CC(=NC(C)(C)C)[N-]C(C)(C)C.[CH-]=O.[CH-]=O.[CH-]=O.[Co]. The van der Waals surface area contributed by atoms with Crippen molar-refractivity contribution in [2.75, 3.05) is 0 Å². The van der Waals surface area contributed by atoms with E-state index in [9.17, 15) is 0 Å². The van der Waals surface area contributed by atoms with E-state index >= 15 is 0 Å². The van der Waals surface area contributed by atoms with Gasteiger partial charge in [0.05, 0.1) is 0 Å². The fraction of sp³-hybridized carbons (Fsp3) is 0.692. The van der Waals surface area contributed by atoms with E-state index in [1.807, 2.05) is 6.92 Å². The van der Waals surface area contributed by atoms with E-state index in [0.717, 1.165) is 5.84 Å². The maximum atomic E-state index is 7.75. The molecule has 0 amide bonds. The van der Waals surface area contributed by atoms with Gasteiger partial charge in [0.25, 0.3) is 0 Å². The van der Waals surface area contributed by atoms with Crippen molar-refractivity contribution in [1.29, 1.82) is 0 Å². The molecule has 0 unspecified atom stereocenters. The Morgan fingerprint density at radius 3 is 1.26 bits per heavy atom. The van der Waals surface area contributed by atoms with Crippen molar-refractivity contribution >= 4 is 26.2 Å². The zero-order valence-electron chi connectivity index (χ0n) is 12.7. The first kappa shape index (κ1) is 30.8. The van der Waals surface area contributed by atoms with Crippen molar-refractivity contribution in [2.45, 2.75) is 59.5 Å².